The molecule has 1 unspecified atom stereocenters. The second-order valence-electron chi connectivity index (χ2n) is 5.02. The summed E-state index contributed by atoms with van der Waals surface area (Å²) in [6, 6.07) is 13.2. The summed E-state index contributed by atoms with van der Waals surface area (Å²) in [5.74, 6) is -1.22. The Hall–Kier alpha value is -1.89. The van der Waals surface area contributed by atoms with Gasteiger partial charge in [-0.2, -0.15) is 4.31 Å². The van der Waals surface area contributed by atoms with Crippen LogP contribution in [-0.4, -0.2) is 36.9 Å². The topological polar surface area (TPSA) is 74.7 Å². The average molecular weight is 354 g/mol. The van der Waals surface area contributed by atoms with Gasteiger partial charge in [0.1, 0.15) is 6.04 Å². The molecule has 0 fully saturated rings. The molecular weight excluding hydrogens is 338 g/mol. The van der Waals surface area contributed by atoms with Gasteiger partial charge in [0.15, 0.2) is 0 Å². The highest BCUT2D eigenvalue weighted by Gasteiger charge is 2.32. The Labute approximate surface area is 140 Å². The van der Waals surface area contributed by atoms with E-state index >= 15 is 0 Å². The number of rotatable bonds is 6. The molecule has 2 aromatic carbocycles. The largest absolute Gasteiger partial charge is 0.480 e. The molecule has 0 aliphatic heterocycles. The van der Waals surface area contributed by atoms with Crippen LogP contribution in [0.5, 0.6) is 0 Å². The van der Waals surface area contributed by atoms with Crippen LogP contribution in [0.3, 0.4) is 0 Å². The number of benzene rings is 2. The third kappa shape index (κ3) is 4.10. The summed E-state index contributed by atoms with van der Waals surface area (Å²) in [7, 11) is -2.62. The number of likely N-dealkylation sites (N-methyl/N-ethyl adjacent to an activating group) is 1. The predicted octanol–water partition coefficient (Wildman–Crippen LogP) is 2.66. The van der Waals surface area contributed by atoms with Crippen molar-refractivity contribution in [3.8, 4) is 0 Å². The minimum absolute atomic E-state index is 0.0262. The summed E-state index contributed by atoms with van der Waals surface area (Å²) in [5, 5.41) is 9.92. The van der Waals surface area contributed by atoms with Crippen LogP contribution >= 0.6 is 11.6 Å². The molecule has 0 aromatic heterocycles. The van der Waals surface area contributed by atoms with Crippen molar-refractivity contribution in [2.45, 2.75) is 17.4 Å². The highest BCUT2D eigenvalue weighted by Crippen LogP contribution is 2.20. The molecular formula is C16H16ClNO4S. The molecule has 0 spiro atoms. The SMILES string of the molecule is CN(C(Cc1cccc(Cl)c1)C(=O)O)S(=O)(=O)c1ccccc1. The fraction of sp³-hybridized carbons (Fsp3) is 0.188. The smallest absolute Gasteiger partial charge is 0.322 e. The van der Waals surface area contributed by atoms with Crippen molar-refractivity contribution in [1.29, 1.82) is 0 Å². The molecule has 0 bridgehead atoms. The molecule has 2 aromatic rings. The Morgan fingerprint density at radius 2 is 1.83 bits per heavy atom. The maximum atomic E-state index is 12.6. The number of aliphatic carboxylic acids is 1. The van der Waals surface area contributed by atoms with Gasteiger partial charge in [-0.1, -0.05) is 41.9 Å². The molecule has 0 amide bonds. The van der Waals surface area contributed by atoms with Crippen LogP contribution in [0.4, 0.5) is 0 Å². The van der Waals surface area contributed by atoms with Crippen LogP contribution in [-0.2, 0) is 21.2 Å². The maximum absolute atomic E-state index is 12.6. The van der Waals surface area contributed by atoms with Gasteiger partial charge in [-0.3, -0.25) is 4.79 Å². The molecule has 23 heavy (non-hydrogen) atoms. The van der Waals surface area contributed by atoms with E-state index < -0.39 is 22.0 Å². The van der Waals surface area contributed by atoms with Gasteiger partial charge in [0, 0.05) is 12.1 Å². The number of hydrogen-bond acceptors (Lipinski definition) is 3. The summed E-state index contributed by atoms with van der Waals surface area (Å²) >= 11 is 5.89. The summed E-state index contributed by atoms with van der Waals surface area (Å²) in [4.78, 5) is 11.6. The van der Waals surface area contributed by atoms with E-state index in [0.717, 1.165) is 4.31 Å². The van der Waals surface area contributed by atoms with Gasteiger partial charge in [0.2, 0.25) is 10.0 Å². The third-order valence-electron chi connectivity index (χ3n) is 3.46. The molecule has 0 heterocycles. The van der Waals surface area contributed by atoms with Gasteiger partial charge in [-0.15, -0.1) is 0 Å². The van der Waals surface area contributed by atoms with Gasteiger partial charge in [0.05, 0.1) is 4.90 Å². The molecule has 5 nitrogen and oxygen atoms in total. The highest BCUT2D eigenvalue weighted by molar-refractivity contribution is 7.89. The Kier molecular flexibility index (Phi) is 5.41. The second-order valence-corrected chi connectivity index (χ2v) is 7.46. The zero-order valence-electron chi connectivity index (χ0n) is 12.4. The van der Waals surface area contributed by atoms with Crippen molar-refractivity contribution in [3.05, 3.63) is 65.2 Å². The Balaban J connectivity index is 2.32. The van der Waals surface area contributed by atoms with E-state index in [2.05, 4.69) is 0 Å². The Morgan fingerprint density at radius 3 is 2.39 bits per heavy atom. The van der Waals surface area contributed by atoms with Gasteiger partial charge in [-0.05, 0) is 36.2 Å². The van der Waals surface area contributed by atoms with Gasteiger partial charge >= 0.3 is 5.97 Å². The standard InChI is InChI=1S/C16H16ClNO4S/c1-18(23(21,22)14-8-3-2-4-9-14)15(16(19)20)11-12-6-5-7-13(17)10-12/h2-10,15H,11H2,1H3,(H,19,20). The van der Waals surface area contributed by atoms with E-state index in [4.69, 9.17) is 11.6 Å². The van der Waals surface area contributed by atoms with Crippen molar-refractivity contribution >= 4 is 27.6 Å². The predicted molar refractivity (Wildman–Crippen MR) is 88.0 cm³/mol. The third-order valence-corrected chi connectivity index (χ3v) is 5.58. The lowest BCUT2D eigenvalue weighted by molar-refractivity contribution is -0.141. The molecule has 2 rings (SSSR count). The number of hydrogen-bond donors (Lipinski definition) is 1. The van der Waals surface area contributed by atoms with E-state index in [1.54, 1.807) is 42.5 Å². The normalized spacial score (nSPS) is 13.0. The first-order valence-electron chi connectivity index (χ1n) is 6.82. The lowest BCUT2D eigenvalue weighted by Crippen LogP contribution is -2.43. The van der Waals surface area contributed by atoms with Gasteiger partial charge in [0.25, 0.3) is 0 Å². The van der Waals surface area contributed by atoms with Crippen molar-refractivity contribution < 1.29 is 18.3 Å². The second kappa shape index (κ2) is 7.12. The van der Waals surface area contributed by atoms with Crippen molar-refractivity contribution in [3.63, 3.8) is 0 Å². The molecule has 1 atom stereocenters. The van der Waals surface area contributed by atoms with Gasteiger partial charge < -0.3 is 5.11 Å². The molecule has 7 heteroatoms. The molecule has 1 N–H and O–H groups in total. The van der Waals surface area contributed by atoms with Gasteiger partial charge in [-0.25, -0.2) is 8.42 Å². The summed E-state index contributed by atoms with van der Waals surface area (Å²) < 4.78 is 26.0. The fourth-order valence-electron chi connectivity index (χ4n) is 2.18. The zero-order valence-corrected chi connectivity index (χ0v) is 14.0. The van der Waals surface area contributed by atoms with Crippen molar-refractivity contribution in [1.82, 2.24) is 4.31 Å². The van der Waals surface area contributed by atoms with E-state index in [-0.39, 0.29) is 11.3 Å². The van der Waals surface area contributed by atoms with Crippen molar-refractivity contribution in [2.75, 3.05) is 7.05 Å². The van der Waals surface area contributed by atoms with E-state index in [0.29, 0.717) is 10.6 Å². The molecule has 0 saturated heterocycles. The van der Waals surface area contributed by atoms with Crippen LogP contribution in [0.25, 0.3) is 0 Å². The first-order valence-corrected chi connectivity index (χ1v) is 8.64. The van der Waals surface area contributed by atoms with E-state index in [1.165, 1.54) is 19.2 Å². The molecule has 0 saturated carbocycles. The van der Waals surface area contributed by atoms with Crippen LogP contribution in [0, 0.1) is 0 Å². The summed E-state index contributed by atoms with van der Waals surface area (Å²) in [6.45, 7) is 0. The zero-order chi connectivity index (χ0) is 17.0. The first-order chi connectivity index (χ1) is 10.8. The van der Waals surface area contributed by atoms with Crippen LogP contribution < -0.4 is 0 Å². The monoisotopic (exact) mass is 353 g/mol. The highest BCUT2D eigenvalue weighted by atomic mass is 35.5. The van der Waals surface area contributed by atoms with Crippen LogP contribution in [0.2, 0.25) is 5.02 Å². The number of sulfonamides is 1. The minimum atomic E-state index is -3.89. The van der Waals surface area contributed by atoms with E-state index in [1.807, 2.05) is 0 Å². The quantitative estimate of drug-likeness (QED) is 0.866. The lowest BCUT2D eigenvalue weighted by atomic mass is 10.1. The van der Waals surface area contributed by atoms with Crippen molar-refractivity contribution in [2.24, 2.45) is 0 Å². The minimum Gasteiger partial charge on any atom is -0.480 e. The number of nitrogens with zero attached hydrogens (tertiary/aromatic N) is 1. The average Bonchev–Trinajstić information content (AvgIpc) is 2.52. The first kappa shape index (κ1) is 17.5. The number of carboxylic acids is 1. The summed E-state index contributed by atoms with van der Waals surface area (Å²) in [5.41, 5.74) is 0.653. The Morgan fingerprint density at radius 1 is 1.17 bits per heavy atom. The fourth-order valence-corrected chi connectivity index (χ4v) is 3.73. The Bertz CT molecular complexity index is 793. The molecule has 122 valence electrons. The van der Waals surface area contributed by atoms with Crippen LogP contribution in [0.1, 0.15) is 5.56 Å². The molecule has 0 aliphatic rings. The van der Waals surface area contributed by atoms with Crippen LogP contribution in [0.15, 0.2) is 59.5 Å². The molecule has 0 aliphatic carbocycles. The lowest BCUT2D eigenvalue weighted by Gasteiger charge is -2.24. The number of halogens is 1. The molecule has 0 radical (unpaired) electrons. The summed E-state index contributed by atoms with van der Waals surface area (Å²) in [6.07, 6.45) is 0.0262. The maximum Gasteiger partial charge on any atom is 0.322 e. The van der Waals surface area contributed by atoms with E-state index in [9.17, 15) is 18.3 Å². The number of carbonyl (C=O) groups is 1. The number of carboxylic acid groups (broad SMARTS) is 1.